The monoisotopic (exact) mass is 533 g/mol. The average Bonchev–Trinajstić information content (AvgIpc) is 3.33. The molecule has 2 amide bonds. The predicted molar refractivity (Wildman–Crippen MR) is 149 cm³/mol. The number of amides is 2. The second kappa shape index (κ2) is 12.8. The van der Waals surface area contributed by atoms with Crippen molar-refractivity contribution in [3.63, 3.8) is 0 Å². The van der Waals surface area contributed by atoms with Gasteiger partial charge in [0.25, 0.3) is 5.91 Å². The molecule has 4 rings (SSSR count). The van der Waals surface area contributed by atoms with E-state index in [4.69, 9.17) is 15.6 Å². The summed E-state index contributed by atoms with van der Waals surface area (Å²) in [6, 6.07) is 9.56. The maximum Gasteiger partial charge on any atom is 0.254 e. The molecular weight excluding hydrogens is 497 g/mol. The number of allylic oxidation sites excluding steroid dienone is 2. The number of hydrogen-bond acceptors (Lipinski definition) is 6. The molecular formula is C30H36FN5O3. The molecule has 2 aromatic rings. The minimum atomic E-state index is -0.655. The van der Waals surface area contributed by atoms with Crippen LogP contribution in [-0.4, -0.2) is 53.8 Å². The van der Waals surface area contributed by atoms with Crippen LogP contribution in [0.15, 0.2) is 48.6 Å². The molecule has 0 radical (unpaired) electrons. The SMILES string of the molecule is CC(C)C(=N)/C=C\C(=N)c1ccc(Oc2cc(C(=O)NC3CCNCC3)c(F)cc2CN2CCCC2=O)cc1. The third-order valence-corrected chi connectivity index (χ3v) is 7.05. The lowest BCUT2D eigenvalue weighted by Crippen LogP contribution is -2.42. The van der Waals surface area contributed by atoms with Gasteiger partial charge in [-0.25, -0.2) is 4.39 Å². The van der Waals surface area contributed by atoms with Gasteiger partial charge in [0.2, 0.25) is 5.91 Å². The van der Waals surface area contributed by atoms with Crippen molar-refractivity contribution in [3.05, 3.63) is 71.1 Å². The minimum absolute atomic E-state index is 0.00977. The van der Waals surface area contributed by atoms with Crippen molar-refractivity contribution >= 4 is 23.2 Å². The van der Waals surface area contributed by atoms with Crippen LogP contribution in [0.4, 0.5) is 4.39 Å². The van der Waals surface area contributed by atoms with Crippen LogP contribution in [0.5, 0.6) is 11.5 Å². The van der Waals surface area contributed by atoms with E-state index in [0.717, 1.165) is 32.4 Å². The number of piperidine rings is 1. The van der Waals surface area contributed by atoms with Crippen LogP contribution in [-0.2, 0) is 11.3 Å². The Hall–Kier alpha value is -3.85. The number of likely N-dealkylation sites (tertiary alicyclic amines) is 1. The molecule has 0 aliphatic carbocycles. The molecule has 2 aliphatic rings. The third kappa shape index (κ3) is 7.38. The maximum absolute atomic E-state index is 15.2. The van der Waals surface area contributed by atoms with Crippen LogP contribution < -0.4 is 15.4 Å². The van der Waals surface area contributed by atoms with Crippen molar-refractivity contribution in [2.75, 3.05) is 19.6 Å². The number of nitrogens with one attached hydrogen (secondary N) is 4. The lowest BCUT2D eigenvalue weighted by atomic mass is 10.0. The van der Waals surface area contributed by atoms with Gasteiger partial charge >= 0.3 is 0 Å². The third-order valence-electron chi connectivity index (χ3n) is 7.05. The number of ether oxygens (including phenoxy) is 1. The largest absolute Gasteiger partial charge is 0.457 e. The quantitative estimate of drug-likeness (QED) is 0.327. The molecule has 9 heteroatoms. The number of rotatable bonds is 10. The summed E-state index contributed by atoms with van der Waals surface area (Å²) < 4.78 is 21.3. The lowest BCUT2D eigenvalue weighted by Gasteiger charge is -2.24. The van der Waals surface area contributed by atoms with Crippen LogP contribution in [0.2, 0.25) is 0 Å². The Kier molecular flexibility index (Phi) is 9.24. The van der Waals surface area contributed by atoms with Crippen LogP contribution in [0.25, 0.3) is 0 Å². The fraction of sp³-hybridized carbons (Fsp3) is 0.400. The Morgan fingerprint density at radius 2 is 1.90 bits per heavy atom. The summed E-state index contributed by atoms with van der Waals surface area (Å²) in [4.78, 5) is 26.9. The molecule has 0 atom stereocenters. The van der Waals surface area contributed by atoms with E-state index in [0.29, 0.717) is 41.3 Å². The van der Waals surface area contributed by atoms with Gasteiger partial charge in [-0.1, -0.05) is 13.8 Å². The number of carbonyl (C=O) groups excluding carboxylic acids is 2. The zero-order valence-electron chi connectivity index (χ0n) is 22.5. The first-order valence-electron chi connectivity index (χ1n) is 13.5. The molecule has 0 unspecified atom stereocenters. The highest BCUT2D eigenvalue weighted by molar-refractivity contribution is 6.10. The van der Waals surface area contributed by atoms with E-state index in [2.05, 4.69) is 10.6 Å². The molecule has 2 fully saturated rings. The number of nitrogens with zero attached hydrogens (tertiary/aromatic N) is 1. The van der Waals surface area contributed by atoms with E-state index in [1.54, 1.807) is 41.3 Å². The molecule has 2 aliphatic heterocycles. The highest BCUT2D eigenvalue weighted by Crippen LogP contribution is 2.31. The molecule has 0 spiro atoms. The predicted octanol–water partition coefficient (Wildman–Crippen LogP) is 4.82. The Morgan fingerprint density at radius 1 is 1.18 bits per heavy atom. The van der Waals surface area contributed by atoms with Crippen LogP contribution in [0.3, 0.4) is 0 Å². The van der Waals surface area contributed by atoms with E-state index in [-0.39, 0.29) is 35.7 Å². The number of halogens is 1. The zero-order valence-corrected chi connectivity index (χ0v) is 22.5. The van der Waals surface area contributed by atoms with E-state index in [1.165, 1.54) is 12.1 Å². The summed E-state index contributed by atoms with van der Waals surface area (Å²) in [5, 5.41) is 22.4. The zero-order chi connectivity index (χ0) is 27.9. The van der Waals surface area contributed by atoms with Crippen molar-refractivity contribution in [3.8, 4) is 11.5 Å². The van der Waals surface area contributed by atoms with Gasteiger partial charge in [-0.15, -0.1) is 0 Å². The molecule has 0 aromatic heterocycles. The average molecular weight is 534 g/mol. The number of carbonyl (C=O) groups is 2. The Balaban J connectivity index is 1.56. The van der Waals surface area contributed by atoms with Gasteiger partial charge in [0.05, 0.1) is 11.3 Å². The molecule has 2 saturated heterocycles. The summed E-state index contributed by atoms with van der Waals surface area (Å²) in [5.41, 5.74) is 1.74. The maximum atomic E-state index is 15.2. The molecule has 39 heavy (non-hydrogen) atoms. The van der Waals surface area contributed by atoms with Crippen molar-refractivity contribution in [2.24, 2.45) is 5.92 Å². The molecule has 2 aromatic carbocycles. The first kappa shape index (κ1) is 28.2. The topological polar surface area (TPSA) is 118 Å². The molecule has 0 bridgehead atoms. The smallest absolute Gasteiger partial charge is 0.254 e. The normalized spacial score (nSPS) is 16.2. The van der Waals surface area contributed by atoms with Gasteiger partial charge in [0.1, 0.15) is 17.3 Å². The van der Waals surface area contributed by atoms with Gasteiger partial charge in [0, 0.05) is 36.8 Å². The van der Waals surface area contributed by atoms with Gasteiger partial charge < -0.3 is 31.1 Å². The van der Waals surface area contributed by atoms with Crippen molar-refractivity contribution in [2.45, 2.75) is 52.1 Å². The van der Waals surface area contributed by atoms with E-state index in [9.17, 15) is 9.59 Å². The Morgan fingerprint density at radius 3 is 2.54 bits per heavy atom. The van der Waals surface area contributed by atoms with E-state index in [1.807, 2.05) is 13.8 Å². The van der Waals surface area contributed by atoms with Gasteiger partial charge in [-0.3, -0.25) is 9.59 Å². The van der Waals surface area contributed by atoms with Gasteiger partial charge in [0.15, 0.2) is 0 Å². The van der Waals surface area contributed by atoms with Crippen LogP contribution in [0.1, 0.15) is 61.0 Å². The first-order valence-corrected chi connectivity index (χ1v) is 13.5. The van der Waals surface area contributed by atoms with E-state index >= 15 is 4.39 Å². The Bertz CT molecular complexity index is 1270. The van der Waals surface area contributed by atoms with Crippen molar-refractivity contribution in [1.82, 2.24) is 15.5 Å². The van der Waals surface area contributed by atoms with Crippen LogP contribution in [0, 0.1) is 22.6 Å². The van der Waals surface area contributed by atoms with Gasteiger partial charge in [-0.05, 0) is 92.4 Å². The number of benzene rings is 2. The Labute approximate surface area is 228 Å². The molecule has 0 saturated carbocycles. The highest BCUT2D eigenvalue weighted by atomic mass is 19.1. The molecule has 8 nitrogen and oxygen atoms in total. The summed E-state index contributed by atoms with van der Waals surface area (Å²) in [6.07, 6.45) is 6.00. The van der Waals surface area contributed by atoms with E-state index < -0.39 is 11.7 Å². The second-order valence-electron chi connectivity index (χ2n) is 10.3. The standard InChI is InChI=1S/C30H36FN5O3/c1-19(2)26(32)9-10-27(33)20-5-7-23(8-6-20)39-28-17-24(30(38)35-22-11-13-34-14-12-22)25(31)16-21(28)18-36-15-3-4-29(36)37/h5-10,16-17,19,22,32-34H,3-4,11-15,18H2,1-2H3,(H,35,38)/b10-9-,32-26?,33-27?. The minimum Gasteiger partial charge on any atom is -0.457 e. The second-order valence-corrected chi connectivity index (χ2v) is 10.3. The van der Waals surface area contributed by atoms with Crippen molar-refractivity contribution < 1.29 is 18.7 Å². The lowest BCUT2D eigenvalue weighted by molar-refractivity contribution is -0.128. The van der Waals surface area contributed by atoms with Crippen LogP contribution >= 0.6 is 0 Å². The molecule has 2 heterocycles. The number of hydrogen-bond donors (Lipinski definition) is 4. The summed E-state index contributed by atoms with van der Waals surface area (Å²) in [6.45, 7) is 6.23. The summed E-state index contributed by atoms with van der Waals surface area (Å²) >= 11 is 0. The highest BCUT2D eigenvalue weighted by Gasteiger charge is 2.25. The fourth-order valence-corrected chi connectivity index (χ4v) is 4.58. The summed E-state index contributed by atoms with van der Waals surface area (Å²) in [7, 11) is 0. The van der Waals surface area contributed by atoms with Crippen molar-refractivity contribution in [1.29, 1.82) is 10.8 Å². The first-order chi connectivity index (χ1) is 18.7. The molecule has 206 valence electrons. The fourth-order valence-electron chi connectivity index (χ4n) is 4.58. The summed E-state index contributed by atoms with van der Waals surface area (Å²) in [5.74, 6) is -0.295. The van der Waals surface area contributed by atoms with Gasteiger partial charge in [-0.2, -0.15) is 0 Å². The molecule has 4 N–H and O–H groups in total.